The highest BCUT2D eigenvalue weighted by atomic mass is 16.5. The fourth-order valence-electron chi connectivity index (χ4n) is 1.89. The van der Waals surface area contributed by atoms with Gasteiger partial charge in [-0.3, -0.25) is 9.59 Å². The zero-order valence-electron chi connectivity index (χ0n) is 11.1. The predicted molar refractivity (Wildman–Crippen MR) is 65.8 cm³/mol. The molecule has 1 aliphatic rings. The van der Waals surface area contributed by atoms with E-state index in [1.54, 1.807) is 4.90 Å². The third-order valence-electron chi connectivity index (χ3n) is 2.94. The van der Waals surface area contributed by atoms with E-state index in [1.165, 1.54) is 13.8 Å². The lowest BCUT2D eigenvalue weighted by molar-refractivity contribution is -0.144. The van der Waals surface area contributed by atoms with E-state index in [0.717, 1.165) is 12.8 Å². The van der Waals surface area contributed by atoms with Gasteiger partial charge in [-0.1, -0.05) is 0 Å². The molecule has 104 valence electrons. The number of hydrogen-bond acceptors (Lipinski definition) is 5. The molecule has 6 heteroatoms. The topological polar surface area (TPSA) is 81.9 Å². The maximum absolute atomic E-state index is 11.5. The van der Waals surface area contributed by atoms with Gasteiger partial charge in [0.25, 0.3) is 0 Å². The van der Waals surface area contributed by atoms with E-state index in [0.29, 0.717) is 19.7 Å². The first kappa shape index (κ1) is 14.9. The van der Waals surface area contributed by atoms with Crippen molar-refractivity contribution in [1.82, 2.24) is 4.90 Å². The summed E-state index contributed by atoms with van der Waals surface area (Å²) in [5.74, 6) is -0.376. The van der Waals surface area contributed by atoms with Gasteiger partial charge >= 0.3 is 5.97 Å². The second-order valence-corrected chi connectivity index (χ2v) is 4.60. The molecule has 1 fully saturated rings. The molecule has 0 aromatic rings. The molecule has 2 N–H and O–H groups in total. The Labute approximate surface area is 107 Å². The molecule has 1 heterocycles. The summed E-state index contributed by atoms with van der Waals surface area (Å²) < 4.78 is 10.4. The summed E-state index contributed by atoms with van der Waals surface area (Å²) in [4.78, 5) is 23.8. The maximum Gasteiger partial charge on any atom is 0.302 e. The third-order valence-corrected chi connectivity index (χ3v) is 2.94. The van der Waals surface area contributed by atoms with Crippen LogP contribution >= 0.6 is 0 Å². The van der Waals surface area contributed by atoms with Crippen LogP contribution in [0, 0.1) is 0 Å². The lowest BCUT2D eigenvalue weighted by atomic mass is 10.1. The summed E-state index contributed by atoms with van der Waals surface area (Å²) in [5.41, 5.74) is 5.74. The molecular formula is C12H22N2O4. The lowest BCUT2D eigenvalue weighted by Gasteiger charge is -2.31. The van der Waals surface area contributed by atoms with Crippen LogP contribution in [-0.4, -0.2) is 55.2 Å². The summed E-state index contributed by atoms with van der Waals surface area (Å²) in [6.07, 6.45) is 1.81. The summed E-state index contributed by atoms with van der Waals surface area (Å²) in [6, 6.07) is 0.105. The van der Waals surface area contributed by atoms with Crippen LogP contribution in [0.2, 0.25) is 0 Å². The number of rotatable bonds is 5. The van der Waals surface area contributed by atoms with Crippen molar-refractivity contribution in [1.29, 1.82) is 0 Å². The number of carbonyl (C=O) groups is 2. The molecule has 18 heavy (non-hydrogen) atoms. The third kappa shape index (κ3) is 5.46. The van der Waals surface area contributed by atoms with E-state index >= 15 is 0 Å². The predicted octanol–water partition coefficient (Wildman–Crippen LogP) is -0.0957. The van der Waals surface area contributed by atoms with E-state index in [4.69, 9.17) is 15.2 Å². The first-order chi connectivity index (χ1) is 8.49. The van der Waals surface area contributed by atoms with Crippen molar-refractivity contribution in [2.45, 2.75) is 38.8 Å². The van der Waals surface area contributed by atoms with Crippen LogP contribution in [0.25, 0.3) is 0 Å². The van der Waals surface area contributed by atoms with Gasteiger partial charge in [0, 0.05) is 26.4 Å². The highest BCUT2D eigenvalue weighted by Gasteiger charge is 2.22. The van der Waals surface area contributed by atoms with Crippen molar-refractivity contribution in [2.75, 3.05) is 26.3 Å². The van der Waals surface area contributed by atoms with Gasteiger partial charge in [-0.25, -0.2) is 0 Å². The first-order valence-electron chi connectivity index (χ1n) is 6.25. The van der Waals surface area contributed by atoms with Gasteiger partial charge in [0.05, 0.1) is 19.3 Å². The molecule has 0 spiro atoms. The Hall–Kier alpha value is -1.14. The molecule has 6 nitrogen and oxygen atoms in total. The smallest absolute Gasteiger partial charge is 0.302 e. The van der Waals surface area contributed by atoms with E-state index < -0.39 is 0 Å². The minimum Gasteiger partial charge on any atom is -0.464 e. The number of esters is 1. The molecule has 0 saturated carbocycles. The quantitative estimate of drug-likeness (QED) is 0.697. The largest absolute Gasteiger partial charge is 0.464 e. The summed E-state index contributed by atoms with van der Waals surface area (Å²) in [5, 5.41) is 0. The molecule has 0 unspecified atom stereocenters. The van der Waals surface area contributed by atoms with Crippen LogP contribution in [0.4, 0.5) is 0 Å². The van der Waals surface area contributed by atoms with Gasteiger partial charge in [0.15, 0.2) is 0 Å². The molecule has 1 amide bonds. The van der Waals surface area contributed by atoms with Crippen LogP contribution in [0.15, 0.2) is 0 Å². The molecular weight excluding hydrogens is 236 g/mol. The minimum absolute atomic E-state index is 0.0334. The van der Waals surface area contributed by atoms with E-state index in [2.05, 4.69) is 0 Å². The molecule has 0 radical (unpaired) electrons. The van der Waals surface area contributed by atoms with Gasteiger partial charge in [-0.2, -0.15) is 0 Å². The lowest BCUT2D eigenvalue weighted by Crippen LogP contribution is -2.44. The van der Waals surface area contributed by atoms with Crippen molar-refractivity contribution < 1.29 is 19.1 Å². The molecule has 0 bridgehead atoms. The Kier molecular flexibility index (Phi) is 6.07. The van der Waals surface area contributed by atoms with Crippen molar-refractivity contribution in [3.8, 4) is 0 Å². The standard InChI is InChI=1S/C12H22N2O4/c1-9(15)14(5-6-17-10(2)16)7-12-4-3-11(13)8-18-12/h11-12H,3-8,13H2,1-2H3/t11-,12+/m1/s1. The first-order valence-corrected chi connectivity index (χ1v) is 6.25. The number of amides is 1. The highest BCUT2D eigenvalue weighted by Crippen LogP contribution is 2.13. The fraction of sp³-hybridized carbons (Fsp3) is 0.833. The SMILES string of the molecule is CC(=O)OCCN(C[C@@H]1CC[C@@H](N)CO1)C(C)=O. The highest BCUT2D eigenvalue weighted by molar-refractivity contribution is 5.73. The van der Waals surface area contributed by atoms with Gasteiger partial charge in [-0.05, 0) is 12.8 Å². The second kappa shape index (κ2) is 7.33. The molecule has 1 aliphatic heterocycles. The van der Waals surface area contributed by atoms with Crippen molar-refractivity contribution in [3.05, 3.63) is 0 Å². The van der Waals surface area contributed by atoms with Gasteiger partial charge in [0.1, 0.15) is 6.61 Å². The van der Waals surface area contributed by atoms with Crippen LogP contribution in [0.5, 0.6) is 0 Å². The second-order valence-electron chi connectivity index (χ2n) is 4.60. The van der Waals surface area contributed by atoms with E-state index in [-0.39, 0.29) is 30.6 Å². The van der Waals surface area contributed by atoms with Gasteiger partial charge in [-0.15, -0.1) is 0 Å². The number of nitrogens with two attached hydrogens (primary N) is 1. The molecule has 2 atom stereocenters. The molecule has 1 saturated heterocycles. The molecule has 0 aliphatic carbocycles. The van der Waals surface area contributed by atoms with Crippen molar-refractivity contribution in [2.24, 2.45) is 5.73 Å². The number of nitrogens with zero attached hydrogens (tertiary/aromatic N) is 1. The molecule has 0 aromatic heterocycles. The van der Waals surface area contributed by atoms with Crippen LogP contribution < -0.4 is 5.73 Å². The monoisotopic (exact) mass is 258 g/mol. The Balaban J connectivity index is 2.33. The minimum atomic E-state index is -0.335. The normalized spacial score (nSPS) is 23.5. The Morgan fingerprint density at radius 3 is 2.61 bits per heavy atom. The van der Waals surface area contributed by atoms with Gasteiger partial charge in [0.2, 0.25) is 5.91 Å². The maximum atomic E-state index is 11.5. The van der Waals surface area contributed by atoms with E-state index in [1.807, 2.05) is 0 Å². The van der Waals surface area contributed by atoms with Crippen LogP contribution in [0.3, 0.4) is 0 Å². The summed E-state index contributed by atoms with van der Waals surface area (Å²) >= 11 is 0. The summed E-state index contributed by atoms with van der Waals surface area (Å²) in [6.45, 7) is 4.55. The fourth-order valence-corrected chi connectivity index (χ4v) is 1.89. The van der Waals surface area contributed by atoms with Crippen molar-refractivity contribution in [3.63, 3.8) is 0 Å². The zero-order chi connectivity index (χ0) is 13.5. The summed E-state index contributed by atoms with van der Waals surface area (Å²) in [7, 11) is 0. The Morgan fingerprint density at radius 1 is 1.39 bits per heavy atom. The number of ether oxygens (including phenoxy) is 2. The average molecular weight is 258 g/mol. The van der Waals surface area contributed by atoms with Crippen LogP contribution in [0.1, 0.15) is 26.7 Å². The number of carbonyl (C=O) groups excluding carboxylic acids is 2. The molecule has 1 rings (SSSR count). The average Bonchev–Trinajstić information content (AvgIpc) is 2.30. The molecule has 0 aromatic carbocycles. The van der Waals surface area contributed by atoms with Crippen molar-refractivity contribution >= 4 is 11.9 Å². The van der Waals surface area contributed by atoms with E-state index in [9.17, 15) is 9.59 Å². The Morgan fingerprint density at radius 2 is 2.11 bits per heavy atom. The number of hydrogen-bond donors (Lipinski definition) is 1. The van der Waals surface area contributed by atoms with Crippen LogP contribution in [-0.2, 0) is 19.1 Å². The zero-order valence-corrected chi connectivity index (χ0v) is 11.1. The van der Waals surface area contributed by atoms with Gasteiger partial charge < -0.3 is 20.1 Å². The Bertz CT molecular complexity index is 288.